The number of rotatable bonds is 6. The van der Waals surface area contributed by atoms with E-state index in [9.17, 15) is 13.2 Å². The van der Waals surface area contributed by atoms with Crippen LogP contribution in [0.2, 0.25) is 0 Å². The lowest BCUT2D eigenvalue weighted by atomic mass is 10.1. The molecule has 1 unspecified atom stereocenters. The lowest BCUT2D eigenvalue weighted by Gasteiger charge is -2.25. The maximum atomic E-state index is 12.6. The Bertz CT molecular complexity index is 1060. The van der Waals surface area contributed by atoms with Gasteiger partial charge in [0.2, 0.25) is 15.9 Å². The minimum atomic E-state index is -3.72. The van der Waals surface area contributed by atoms with E-state index < -0.39 is 10.0 Å². The van der Waals surface area contributed by atoms with Gasteiger partial charge in [0.05, 0.1) is 10.9 Å². The fourth-order valence-electron chi connectivity index (χ4n) is 3.13. The molecule has 27 heavy (non-hydrogen) atoms. The van der Waals surface area contributed by atoms with Gasteiger partial charge in [-0.25, -0.2) is 13.6 Å². The van der Waals surface area contributed by atoms with Gasteiger partial charge in [-0.1, -0.05) is 30.3 Å². The van der Waals surface area contributed by atoms with Gasteiger partial charge in [-0.05, 0) is 42.7 Å². The Kier molecular flexibility index (Phi) is 5.34. The Morgan fingerprint density at radius 1 is 1.15 bits per heavy atom. The highest BCUT2D eigenvalue weighted by atomic mass is 32.2. The van der Waals surface area contributed by atoms with Crippen molar-refractivity contribution < 1.29 is 13.2 Å². The van der Waals surface area contributed by atoms with Crippen molar-refractivity contribution in [2.24, 2.45) is 5.14 Å². The Morgan fingerprint density at radius 2 is 1.81 bits per heavy atom. The van der Waals surface area contributed by atoms with Gasteiger partial charge in [-0.15, -0.1) is 0 Å². The van der Waals surface area contributed by atoms with Crippen molar-refractivity contribution in [1.82, 2.24) is 9.88 Å². The van der Waals surface area contributed by atoms with Crippen LogP contribution in [0.4, 0.5) is 0 Å². The average molecular weight is 385 g/mol. The van der Waals surface area contributed by atoms with Crippen LogP contribution in [0.1, 0.15) is 30.5 Å². The fraction of sp³-hybridized carbons (Fsp3) is 0.250. The zero-order valence-electron chi connectivity index (χ0n) is 15.3. The summed E-state index contributed by atoms with van der Waals surface area (Å²) in [6.45, 7) is 1.91. The molecule has 3 aromatic rings. The van der Waals surface area contributed by atoms with E-state index in [1.165, 1.54) is 12.1 Å². The van der Waals surface area contributed by atoms with Crippen LogP contribution in [-0.2, 0) is 21.2 Å². The van der Waals surface area contributed by atoms with E-state index in [1.807, 2.05) is 37.4 Å². The zero-order valence-corrected chi connectivity index (χ0v) is 16.2. The molecule has 1 amide bonds. The minimum absolute atomic E-state index is 0.0308. The molecule has 0 fully saturated rings. The number of hydrogen-bond acceptors (Lipinski definition) is 3. The Balaban J connectivity index is 1.66. The lowest BCUT2D eigenvalue weighted by Crippen LogP contribution is -2.29. The molecule has 3 N–H and O–H groups in total. The number of aromatic amines is 1. The van der Waals surface area contributed by atoms with Crippen molar-refractivity contribution in [3.8, 4) is 0 Å². The highest BCUT2D eigenvalue weighted by Gasteiger charge is 2.18. The van der Waals surface area contributed by atoms with E-state index in [4.69, 9.17) is 5.14 Å². The SMILES string of the molecule is CC(c1ccc(S(N)(=O)=O)cc1)N(C)C(=O)CCc1c[nH]c2ccccc12. The predicted molar refractivity (Wildman–Crippen MR) is 106 cm³/mol. The molecular formula is C20H23N3O3S. The Hall–Kier alpha value is -2.64. The quantitative estimate of drug-likeness (QED) is 0.683. The first kappa shape index (κ1) is 19.1. The third-order valence-corrected chi connectivity index (χ3v) is 5.88. The number of hydrogen-bond donors (Lipinski definition) is 2. The number of nitrogens with one attached hydrogen (secondary N) is 1. The number of H-pyrrole nitrogens is 1. The van der Waals surface area contributed by atoms with Gasteiger partial charge in [0, 0.05) is 30.6 Å². The van der Waals surface area contributed by atoms with Crippen molar-refractivity contribution >= 4 is 26.8 Å². The smallest absolute Gasteiger partial charge is 0.238 e. The van der Waals surface area contributed by atoms with Gasteiger partial charge in [0.15, 0.2) is 0 Å². The van der Waals surface area contributed by atoms with E-state index in [-0.39, 0.29) is 16.8 Å². The number of amides is 1. The number of sulfonamides is 1. The summed E-state index contributed by atoms with van der Waals surface area (Å²) in [4.78, 5) is 17.6. The molecule has 6 nitrogen and oxygen atoms in total. The van der Waals surface area contributed by atoms with Gasteiger partial charge in [-0.3, -0.25) is 4.79 Å². The second kappa shape index (κ2) is 7.54. The summed E-state index contributed by atoms with van der Waals surface area (Å²) in [6, 6.07) is 14.2. The third kappa shape index (κ3) is 4.20. The molecule has 0 saturated carbocycles. The summed E-state index contributed by atoms with van der Waals surface area (Å²) in [5.74, 6) is 0.0308. The maximum Gasteiger partial charge on any atom is 0.238 e. The molecule has 7 heteroatoms. The normalized spacial score (nSPS) is 12.9. The van der Waals surface area contributed by atoms with Crippen LogP contribution in [0, 0.1) is 0 Å². The number of fused-ring (bicyclic) bond motifs is 1. The summed E-state index contributed by atoms with van der Waals surface area (Å²) >= 11 is 0. The number of para-hydroxylation sites is 1. The van der Waals surface area contributed by atoms with Crippen molar-refractivity contribution in [2.75, 3.05) is 7.05 Å². The Morgan fingerprint density at radius 3 is 2.48 bits per heavy atom. The molecule has 0 aliphatic heterocycles. The van der Waals surface area contributed by atoms with Gasteiger partial charge < -0.3 is 9.88 Å². The van der Waals surface area contributed by atoms with Gasteiger partial charge in [0.25, 0.3) is 0 Å². The molecule has 0 aliphatic rings. The van der Waals surface area contributed by atoms with E-state index in [0.29, 0.717) is 12.8 Å². The molecule has 0 aliphatic carbocycles. The molecule has 142 valence electrons. The molecule has 3 rings (SSSR count). The van der Waals surface area contributed by atoms with Crippen LogP contribution in [0.5, 0.6) is 0 Å². The number of aromatic nitrogens is 1. The van der Waals surface area contributed by atoms with Crippen LogP contribution in [0.25, 0.3) is 10.9 Å². The molecule has 0 bridgehead atoms. The summed E-state index contributed by atoms with van der Waals surface area (Å²) in [5, 5.41) is 6.26. The van der Waals surface area contributed by atoms with Crippen LogP contribution >= 0.6 is 0 Å². The minimum Gasteiger partial charge on any atom is -0.361 e. The molecule has 0 spiro atoms. The second-order valence-electron chi connectivity index (χ2n) is 6.65. The third-order valence-electron chi connectivity index (χ3n) is 4.95. The van der Waals surface area contributed by atoms with E-state index >= 15 is 0 Å². The van der Waals surface area contributed by atoms with Crippen LogP contribution < -0.4 is 5.14 Å². The van der Waals surface area contributed by atoms with Gasteiger partial charge in [-0.2, -0.15) is 0 Å². The number of nitrogens with zero attached hydrogens (tertiary/aromatic N) is 1. The highest BCUT2D eigenvalue weighted by Crippen LogP contribution is 2.23. The second-order valence-corrected chi connectivity index (χ2v) is 8.22. The number of carbonyl (C=O) groups is 1. The molecule has 2 aromatic carbocycles. The lowest BCUT2D eigenvalue weighted by molar-refractivity contribution is -0.131. The molecule has 0 saturated heterocycles. The van der Waals surface area contributed by atoms with Gasteiger partial charge >= 0.3 is 0 Å². The highest BCUT2D eigenvalue weighted by molar-refractivity contribution is 7.89. The number of carbonyl (C=O) groups excluding carboxylic acids is 1. The van der Waals surface area contributed by atoms with Crippen molar-refractivity contribution in [1.29, 1.82) is 0 Å². The molecule has 1 atom stereocenters. The van der Waals surface area contributed by atoms with Crippen LogP contribution in [-0.4, -0.2) is 31.3 Å². The summed E-state index contributed by atoms with van der Waals surface area (Å²) in [5.41, 5.74) is 3.04. The van der Waals surface area contributed by atoms with E-state index in [0.717, 1.165) is 22.0 Å². The first-order valence-corrected chi connectivity index (χ1v) is 10.3. The molecule has 0 radical (unpaired) electrons. The van der Waals surface area contributed by atoms with Gasteiger partial charge in [0.1, 0.15) is 0 Å². The van der Waals surface area contributed by atoms with E-state index in [1.54, 1.807) is 24.1 Å². The van der Waals surface area contributed by atoms with Crippen molar-refractivity contribution in [3.63, 3.8) is 0 Å². The molecular weight excluding hydrogens is 362 g/mol. The standard InChI is InChI=1S/C20H23N3O3S/c1-14(15-7-10-17(11-8-15)27(21,25)26)23(2)20(24)12-9-16-13-22-19-6-4-3-5-18(16)19/h3-8,10-11,13-14,22H,9,12H2,1-2H3,(H2,21,25,26). The summed E-state index contributed by atoms with van der Waals surface area (Å²) in [6.07, 6.45) is 3.01. The largest absolute Gasteiger partial charge is 0.361 e. The monoisotopic (exact) mass is 385 g/mol. The number of aryl methyl sites for hydroxylation is 1. The summed E-state index contributed by atoms with van der Waals surface area (Å²) < 4.78 is 22.7. The first-order chi connectivity index (χ1) is 12.8. The molecule has 1 aromatic heterocycles. The van der Waals surface area contributed by atoms with Crippen LogP contribution in [0.15, 0.2) is 59.6 Å². The first-order valence-electron chi connectivity index (χ1n) is 8.71. The summed E-state index contributed by atoms with van der Waals surface area (Å²) in [7, 11) is -1.96. The number of nitrogens with two attached hydrogens (primary N) is 1. The topological polar surface area (TPSA) is 96.3 Å². The van der Waals surface area contributed by atoms with Crippen molar-refractivity contribution in [3.05, 3.63) is 65.9 Å². The Labute approximate surface area is 159 Å². The molecule has 1 heterocycles. The van der Waals surface area contributed by atoms with Crippen molar-refractivity contribution in [2.45, 2.75) is 30.7 Å². The zero-order chi connectivity index (χ0) is 19.6. The van der Waals surface area contributed by atoms with Crippen LogP contribution in [0.3, 0.4) is 0 Å². The van der Waals surface area contributed by atoms with E-state index in [2.05, 4.69) is 4.98 Å². The number of primary sulfonamides is 1. The predicted octanol–water partition coefficient (Wildman–Crippen LogP) is 2.97. The average Bonchev–Trinajstić information content (AvgIpc) is 3.07. The number of benzene rings is 2. The fourth-order valence-corrected chi connectivity index (χ4v) is 3.65. The maximum absolute atomic E-state index is 12.6.